The Morgan fingerprint density at radius 3 is 2.27 bits per heavy atom. The Kier molecular flexibility index (Phi) is 3.23. The van der Waals surface area contributed by atoms with Gasteiger partial charge in [-0.1, -0.05) is 24.3 Å². The largest absolute Gasteiger partial charge is 0.478 e. The smallest absolute Gasteiger partial charge is 0.336 e. The number of hydrogen-bond acceptors (Lipinski definition) is 2. The van der Waals surface area contributed by atoms with E-state index in [0.717, 1.165) is 5.56 Å². The lowest BCUT2D eigenvalue weighted by atomic mass is 10.0. The van der Waals surface area contributed by atoms with Crippen molar-refractivity contribution in [2.45, 2.75) is 6.92 Å². The molecule has 0 aliphatic rings. The second-order valence-corrected chi connectivity index (χ2v) is 3.02. The highest BCUT2D eigenvalue weighted by Gasteiger charge is 2.13. The van der Waals surface area contributed by atoms with Gasteiger partial charge in [0.15, 0.2) is 0 Å². The molecule has 0 unspecified atom stereocenters. The Morgan fingerprint density at radius 2 is 1.80 bits per heavy atom. The molecule has 0 saturated carbocycles. The van der Waals surface area contributed by atoms with E-state index in [1.54, 1.807) is 31.2 Å². The van der Waals surface area contributed by atoms with Crippen LogP contribution in [0.4, 0.5) is 0 Å². The van der Waals surface area contributed by atoms with E-state index in [9.17, 15) is 9.59 Å². The van der Waals surface area contributed by atoms with Crippen LogP contribution in [0.3, 0.4) is 0 Å². The van der Waals surface area contributed by atoms with Gasteiger partial charge >= 0.3 is 11.9 Å². The summed E-state index contributed by atoms with van der Waals surface area (Å²) in [5.74, 6) is -2.51. The first kappa shape index (κ1) is 11.0. The zero-order valence-electron chi connectivity index (χ0n) is 8.10. The van der Waals surface area contributed by atoms with Crippen molar-refractivity contribution < 1.29 is 19.8 Å². The molecule has 0 fully saturated rings. The number of aliphatic carboxylic acids is 2. The SMILES string of the molecule is Cc1ccccc1C(=CC(=O)O)C(=O)O. The molecule has 0 saturated heterocycles. The maximum Gasteiger partial charge on any atom is 0.336 e. The second-order valence-electron chi connectivity index (χ2n) is 3.02. The molecule has 0 bridgehead atoms. The van der Waals surface area contributed by atoms with E-state index in [0.29, 0.717) is 11.6 Å². The van der Waals surface area contributed by atoms with Gasteiger partial charge in [0.2, 0.25) is 0 Å². The quantitative estimate of drug-likeness (QED) is 0.736. The van der Waals surface area contributed by atoms with Gasteiger partial charge in [-0.15, -0.1) is 0 Å². The van der Waals surface area contributed by atoms with E-state index in [-0.39, 0.29) is 5.57 Å². The van der Waals surface area contributed by atoms with Gasteiger partial charge in [0, 0.05) is 6.08 Å². The van der Waals surface area contributed by atoms with Gasteiger partial charge < -0.3 is 10.2 Å². The average Bonchev–Trinajstić information content (AvgIpc) is 2.15. The minimum atomic E-state index is -1.27. The van der Waals surface area contributed by atoms with Crippen LogP contribution in [0.2, 0.25) is 0 Å². The molecule has 0 aliphatic carbocycles. The van der Waals surface area contributed by atoms with Crippen molar-refractivity contribution in [1.29, 1.82) is 0 Å². The molecule has 0 atom stereocenters. The van der Waals surface area contributed by atoms with Gasteiger partial charge in [-0.25, -0.2) is 9.59 Å². The predicted molar refractivity (Wildman–Crippen MR) is 54.4 cm³/mol. The number of aryl methyl sites for hydroxylation is 1. The summed E-state index contributed by atoms with van der Waals surface area (Å²) in [6.45, 7) is 1.73. The van der Waals surface area contributed by atoms with E-state index in [1.165, 1.54) is 0 Å². The lowest BCUT2D eigenvalue weighted by Gasteiger charge is -2.04. The number of benzene rings is 1. The van der Waals surface area contributed by atoms with Crippen LogP contribution in [-0.2, 0) is 9.59 Å². The Hall–Kier alpha value is -2.10. The van der Waals surface area contributed by atoms with Gasteiger partial charge in [-0.3, -0.25) is 0 Å². The minimum Gasteiger partial charge on any atom is -0.478 e. The molecule has 0 amide bonds. The van der Waals surface area contributed by atoms with Crippen molar-refractivity contribution in [1.82, 2.24) is 0 Å². The molecular weight excluding hydrogens is 196 g/mol. The van der Waals surface area contributed by atoms with Crippen LogP contribution in [-0.4, -0.2) is 22.2 Å². The number of carboxylic acids is 2. The summed E-state index contributed by atoms with van der Waals surface area (Å²) in [6.07, 6.45) is 0.699. The molecule has 2 N–H and O–H groups in total. The highest BCUT2D eigenvalue weighted by Crippen LogP contribution is 2.18. The molecule has 0 aromatic heterocycles. The van der Waals surface area contributed by atoms with Gasteiger partial charge in [0.25, 0.3) is 0 Å². The minimum absolute atomic E-state index is 0.208. The van der Waals surface area contributed by atoms with Crippen LogP contribution in [0.5, 0.6) is 0 Å². The van der Waals surface area contributed by atoms with E-state index in [2.05, 4.69) is 0 Å². The van der Waals surface area contributed by atoms with Gasteiger partial charge in [0.1, 0.15) is 0 Å². The van der Waals surface area contributed by atoms with Crippen LogP contribution in [0.1, 0.15) is 11.1 Å². The lowest BCUT2D eigenvalue weighted by molar-refractivity contribution is -0.133. The van der Waals surface area contributed by atoms with Crippen molar-refractivity contribution in [3.8, 4) is 0 Å². The fourth-order valence-electron chi connectivity index (χ4n) is 1.25. The fourth-order valence-corrected chi connectivity index (χ4v) is 1.25. The molecule has 0 radical (unpaired) electrons. The highest BCUT2D eigenvalue weighted by molar-refractivity contribution is 6.19. The molecular formula is C11H10O4. The standard InChI is InChI=1S/C11H10O4/c1-7-4-2-3-5-8(7)9(11(14)15)6-10(12)13/h2-6H,1H3,(H,12,13)(H,14,15). The normalized spacial score (nSPS) is 11.1. The zero-order valence-corrected chi connectivity index (χ0v) is 8.10. The number of carboxylic acid groups (broad SMARTS) is 2. The fraction of sp³-hybridized carbons (Fsp3) is 0.0909. The van der Waals surface area contributed by atoms with Crippen LogP contribution < -0.4 is 0 Å². The maximum absolute atomic E-state index is 10.9. The Bertz CT molecular complexity index is 432. The summed E-state index contributed by atoms with van der Waals surface area (Å²) < 4.78 is 0. The first-order valence-corrected chi connectivity index (χ1v) is 4.26. The summed E-state index contributed by atoms with van der Waals surface area (Å²) >= 11 is 0. The van der Waals surface area contributed by atoms with Gasteiger partial charge in [-0.2, -0.15) is 0 Å². The highest BCUT2D eigenvalue weighted by atomic mass is 16.4. The van der Waals surface area contributed by atoms with Crippen molar-refractivity contribution in [3.05, 3.63) is 41.5 Å². The number of hydrogen-bond donors (Lipinski definition) is 2. The van der Waals surface area contributed by atoms with Crippen molar-refractivity contribution in [3.63, 3.8) is 0 Å². The van der Waals surface area contributed by atoms with E-state index >= 15 is 0 Å². The molecule has 4 heteroatoms. The molecule has 15 heavy (non-hydrogen) atoms. The molecule has 1 aromatic carbocycles. The van der Waals surface area contributed by atoms with Crippen LogP contribution in [0, 0.1) is 6.92 Å². The maximum atomic E-state index is 10.9. The second kappa shape index (κ2) is 4.41. The van der Waals surface area contributed by atoms with Crippen LogP contribution in [0.25, 0.3) is 5.57 Å². The van der Waals surface area contributed by atoms with Crippen LogP contribution >= 0.6 is 0 Å². The zero-order chi connectivity index (χ0) is 11.4. The molecule has 0 aliphatic heterocycles. The third kappa shape index (κ3) is 2.67. The average molecular weight is 206 g/mol. The monoisotopic (exact) mass is 206 g/mol. The van der Waals surface area contributed by atoms with Gasteiger partial charge in [-0.05, 0) is 18.1 Å². The van der Waals surface area contributed by atoms with Gasteiger partial charge in [0.05, 0.1) is 5.57 Å². The molecule has 78 valence electrons. The predicted octanol–water partition coefficient (Wildman–Crippen LogP) is 1.55. The van der Waals surface area contributed by atoms with Crippen molar-refractivity contribution >= 4 is 17.5 Å². The van der Waals surface area contributed by atoms with Crippen molar-refractivity contribution in [2.75, 3.05) is 0 Å². The summed E-state index contributed by atoms with van der Waals surface area (Å²) in [6, 6.07) is 6.74. The molecule has 1 rings (SSSR count). The number of carbonyl (C=O) groups is 2. The summed E-state index contributed by atoms with van der Waals surface area (Å²) in [7, 11) is 0. The molecule has 0 heterocycles. The van der Waals surface area contributed by atoms with Crippen molar-refractivity contribution in [2.24, 2.45) is 0 Å². The first-order chi connectivity index (χ1) is 7.02. The van der Waals surface area contributed by atoms with E-state index in [4.69, 9.17) is 10.2 Å². The molecule has 0 spiro atoms. The summed E-state index contributed by atoms with van der Waals surface area (Å²) in [5.41, 5.74) is 0.945. The lowest BCUT2D eigenvalue weighted by Crippen LogP contribution is -2.04. The molecule has 4 nitrogen and oxygen atoms in total. The topological polar surface area (TPSA) is 74.6 Å². The number of rotatable bonds is 3. The summed E-state index contributed by atoms with van der Waals surface area (Å²) in [5, 5.41) is 17.4. The third-order valence-electron chi connectivity index (χ3n) is 1.93. The third-order valence-corrected chi connectivity index (χ3v) is 1.93. The van der Waals surface area contributed by atoms with E-state index < -0.39 is 11.9 Å². The Balaban J connectivity index is 3.29. The first-order valence-electron chi connectivity index (χ1n) is 4.26. The molecule has 1 aromatic rings. The summed E-state index contributed by atoms with van der Waals surface area (Å²) in [4.78, 5) is 21.3. The van der Waals surface area contributed by atoms with E-state index in [1.807, 2.05) is 0 Å². The Labute approximate surface area is 86.5 Å². The Morgan fingerprint density at radius 1 is 1.20 bits per heavy atom. The van der Waals surface area contributed by atoms with Crippen LogP contribution in [0.15, 0.2) is 30.3 Å².